The molecule has 92 valence electrons. The lowest BCUT2D eigenvalue weighted by atomic mass is 10.2. The number of aliphatic imine (C=N–C) groups is 1. The van der Waals surface area contributed by atoms with Crippen LogP contribution in [0.5, 0.6) is 0 Å². The van der Waals surface area contributed by atoms with Crippen molar-refractivity contribution in [2.45, 2.75) is 6.92 Å². The van der Waals surface area contributed by atoms with E-state index in [-0.39, 0.29) is 0 Å². The third-order valence-electron chi connectivity index (χ3n) is 2.52. The lowest BCUT2D eigenvalue weighted by molar-refractivity contribution is 1.02. The van der Waals surface area contributed by atoms with Gasteiger partial charge < -0.3 is 5.32 Å². The number of rotatable bonds is 2. The van der Waals surface area contributed by atoms with Crippen LogP contribution in [0.3, 0.4) is 0 Å². The van der Waals surface area contributed by atoms with Crippen molar-refractivity contribution in [3.8, 4) is 0 Å². The first-order valence-electron chi connectivity index (χ1n) is 5.72. The van der Waals surface area contributed by atoms with Crippen LogP contribution in [0.1, 0.15) is 5.56 Å². The number of hydrazine groups is 1. The molecule has 0 aromatic heterocycles. The van der Waals surface area contributed by atoms with Gasteiger partial charge in [0.2, 0.25) is 5.96 Å². The molecule has 4 N–H and O–H groups in total. The standard InChI is InChI=1S/C14H16N4/c1-11-7-5-6-10-13(11)17-14(18-15)16-12-8-3-2-4-9-12/h2-10H,15H2,1H3,(H2,16,17,18). The first kappa shape index (κ1) is 12.1. The highest BCUT2D eigenvalue weighted by Crippen LogP contribution is 2.17. The lowest BCUT2D eigenvalue weighted by Gasteiger charge is -2.09. The largest absolute Gasteiger partial charge is 0.325 e. The normalized spacial score (nSPS) is 11.1. The highest BCUT2D eigenvalue weighted by atomic mass is 15.3. The Morgan fingerprint density at radius 3 is 2.33 bits per heavy atom. The molecule has 2 rings (SSSR count). The fourth-order valence-corrected chi connectivity index (χ4v) is 1.56. The maximum absolute atomic E-state index is 5.48. The molecular weight excluding hydrogens is 224 g/mol. The van der Waals surface area contributed by atoms with Gasteiger partial charge in [-0.1, -0.05) is 36.4 Å². The Kier molecular flexibility index (Phi) is 3.94. The molecule has 0 fully saturated rings. The first-order valence-corrected chi connectivity index (χ1v) is 5.72. The van der Waals surface area contributed by atoms with E-state index < -0.39 is 0 Å². The van der Waals surface area contributed by atoms with Crippen molar-refractivity contribution in [1.82, 2.24) is 5.43 Å². The van der Waals surface area contributed by atoms with Crippen LogP contribution in [-0.2, 0) is 0 Å². The van der Waals surface area contributed by atoms with Crippen LogP contribution in [0.15, 0.2) is 59.6 Å². The Morgan fingerprint density at radius 2 is 1.67 bits per heavy atom. The highest BCUT2D eigenvalue weighted by molar-refractivity contribution is 5.95. The van der Waals surface area contributed by atoms with Gasteiger partial charge >= 0.3 is 0 Å². The third-order valence-corrected chi connectivity index (χ3v) is 2.52. The number of hydrogen-bond donors (Lipinski definition) is 3. The maximum atomic E-state index is 5.48. The Balaban J connectivity index is 2.21. The summed E-state index contributed by atoms with van der Waals surface area (Å²) in [6.45, 7) is 2.01. The van der Waals surface area contributed by atoms with Gasteiger partial charge in [0.05, 0.1) is 5.69 Å². The van der Waals surface area contributed by atoms with Crippen LogP contribution in [-0.4, -0.2) is 5.96 Å². The van der Waals surface area contributed by atoms with Crippen molar-refractivity contribution < 1.29 is 0 Å². The number of nitrogens with zero attached hydrogens (tertiary/aromatic N) is 1. The van der Waals surface area contributed by atoms with Crippen molar-refractivity contribution in [2.75, 3.05) is 5.32 Å². The zero-order chi connectivity index (χ0) is 12.8. The van der Waals surface area contributed by atoms with Crippen LogP contribution in [0.25, 0.3) is 0 Å². The lowest BCUT2D eigenvalue weighted by Crippen LogP contribution is -2.35. The van der Waals surface area contributed by atoms with Crippen molar-refractivity contribution in [3.05, 3.63) is 60.2 Å². The van der Waals surface area contributed by atoms with Gasteiger partial charge in [-0.05, 0) is 30.7 Å². The SMILES string of the molecule is Cc1ccccc1N=C(NN)Nc1ccccc1. The highest BCUT2D eigenvalue weighted by Gasteiger charge is 1.99. The van der Waals surface area contributed by atoms with E-state index in [1.54, 1.807) is 0 Å². The molecule has 0 aliphatic heterocycles. The molecule has 0 saturated carbocycles. The van der Waals surface area contributed by atoms with E-state index in [1.807, 2.05) is 61.5 Å². The van der Waals surface area contributed by atoms with E-state index in [9.17, 15) is 0 Å². The van der Waals surface area contributed by atoms with Gasteiger partial charge in [-0.3, -0.25) is 5.43 Å². The molecule has 0 aliphatic carbocycles. The average Bonchev–Trinajstić information content (AvgIpc) is 2.41. The molecule has 2 aromatic rings. The Hall–Kier alpha value is -2.33. The van der Waals surface area contributed by atoms with Crippen molar-refractivity contribution in [2.24, 2.45) is 10.8 Å². The summed E-state index contributed by atoms with van der Waals surface area (Å²) in [6, 6.07) is 17.6. The number of para-hydroxylation sites is 2. The van der Waals surface area contributed by atoms with E-state index in [4.69, 9.17) is 5.84 Å². The predicted molar refractivity (Wildman–Crippen MR) is 75.7 cm³/mol. The van der Waals surface area contributed by atoms with Gasteiger partial charge in [0, 0.05) is 5.69 Å². The third kappa shape index (κ3) is 3.09. The molecule has 0 radical (unpaired) electrons. The topological polar surface area (TPSA) is 62.4 Å². The number of benzene rings is 2. The van der Waals surface area contributed by atoms with E-state index in [1.165, 1.54) is 0 Å². The molecule has 0 saturated heterocycles. The molecule has 0 heterocycles. The smallest absolute Gasteiger partial charge is 0.215 e. The maximum Gasteiger partial charge on any atom is 0.215 e. The minimum Gasteiger partial charge on any atom is -0.325 e. The van der Waals surface area contributed by atoms with Crippen molar-refractivity contribution in [3.63, 3.8) is 0 Å². The Labute approximate surface area is 107 Å². The molecule has 0 spiro atoms. The molecule has 0 bridgehead atoms. The van der Waals surface area contributed by atoms with Gasteiger partial charge in [0.1, 0.15) is 0 Å². The van der Waals surface area contributed by atoms with E-state index in [0.29, 0.717) is 5.96 Å². The zero-order valence-corrected chi connectivity index (χ0v) is 10.2. The molecule has 2 aromatic carbocycles. The summed E-state index contributed by atoms with van der Waals surface area (Å²) in [4.78, 5) is 4.44. The molecule has 0 atom stereocenters. The van der Waals surface area contributed by atoms with Gasteiger partial charge in [-0.25, -0.2) is 10.8 Å². The second kappa shape index (κ2) is 5.84. The number of nitrogens with two attached hydrogens (primary N) is 1. The van der Waals surface area contributed by atoms with Crippen LogP contribution in [0.2, 0.25) is 0 Å². The van der Waals surface area contributed by atoms with Gasteiger partial charge in [0.25, 0.3) is 0 Å². The summed E-state index contributed by atoms with van der Waals surface area (Å²) in [7, 11) is 0. The number of guanidine groups is 1. The molecule has 18 heavy (non-hydrogen) atoms. The Morgan fingerprint density at radius 1 is 1.00 bits per heavy atom. The summed E-state index contributed by atoms with van der Waals surface area (Å²) >= 11 is 0. The summed E-state index contributed by atoms with van der Waals surface area (Å²) < 4.78 is 0. The summed E-state index contributed by atoms with van der Waals surface area (Å²) in [5.41, 5.74) is 5.48. The Bertz CT molecular complexity index is 535. The van der Waals surface area contributed by atoms with Crippen molar-refractivity contribution >= 4 is 17.3 Å². The summed E-state index contributed by atoms with van der Waals surface area (Å²) in [6.07, 6.45) is 0. The van der Waals surface area contributed by atoms with Gasteiger partial charge in [-0.15, -0.1) is 0 Å². The molecule has 0 amide bonds. The quantitative estimate of drug-likeness (QED) is 0.327. The fourth-order valence-electron chi connectivity index (χ4n) is 1.56. The average molecular weight is 240 g/mol. The van der Waals surface area contributed by atoms with Crippen LogP contribution in [0, 0.1) is 6.92 Å². The molecule has 4 nitrogen and oxygen atoms in total. The molecule has 0 aliphatic rings. The minimum absolute atomic E-state index is 0.510. The molecule has 0 unspecified atom stereocenters. The number of aryl methyl sites for hydroxylation is 1. The van der Waals surface area contributed by atoms with Crippen molar-refractivity contribution in [1.29, 1.82) is 0 Å². The first-order chi connectivity index (χ1) is 8.79. The van der Waals surface area contributed by atoms with Crippen LogP contribution in [0.4, 0.5) is 11.4 Å². The summed E-state index contributed by atoms with van der Waals surface area (Å²) in [5.74, 6) is 5.98. The fraction of sp³-hybridized carbons (Fsp3) is 0.0714. The number of anilines is 1. The number of nitrogens with one attached hydrogen (secondary N) is 2. The van der Waals surface area contributed by atoms with E-state index >= 15 is 0 Å². The van der Waals surface area contributed by atoms with E-state index in [2.05, 4.69) is 15.7 Å². The molecular formula is C14H16N4. The predicted octanol–water partition coefficient (Wildman–Crippen LogP) is 2.56. The van der Waals surface area contributed by atoms with E-state index in [0.717, 1.165) is 16.9 Å². The van der Waals surface area contributed by atoms with Gasteiger partial charge in [-0.2, -0.15) is 0 Å². The second-order valence-electron chi connectivity index (χ2n) is 3.88. The summed E-state index contributed by atoms with van der Waals surface area (Å²) in [5, 5.41) is 3.12. The second-order valence-corrected chi connectivity index (χ2v) is 3.88. The number of hydrogen-bond acceptors (Lipinski definition) is 2. The minimum atomic E-state index is 0.510. The van der Waals surface area contributed by atoms with Gasteiger partial charge in [0.15, 0.2) is 0 Å². The zero-order valence-electron chi connectivity index (χ0n) is 10.2. The molecule has 4 heteroatoms. The van der Waals surface area contributed by atoms with Crippen LogP contribution >= 0.6 is 0 Å². The van der Waals surface area contributed by atoms with Crippen LogP contribution < -0.4 is 16.6 Å². The monoisotopic (exact) mass is 240 g/mol.